The predicted octanol–water partition coefficient (Wildman–Crippen LogP) is 11.7. The zero-order chi connectivity index (χ0) is 33.0. The van der Waals surface area contributed by atoms with Crippen LogP contribution < -0.4 is 0 Å². The molecular formula is C43H27N5S2. The Kier molecular flexibility index (Phi) is 6.92. The van der Waals surface area contributed by atoms with Gasteiger partial charge in [0, 0.05) is 63.9 Å². The van der Waals surface area contributed by atoms with Gasteiger partial charge in [-0.3, -0.25) is 0 Å². The maximum absolute atomic E-state index is 4.57. The monoisotopic (exact) mass is 677 g/mol. The molecule has 1 aliphatic rings. The van der Waals surface area contributed by atoms with Crippen LogP contribution in [0.4, 0.5) is 0 Å². The van der Waals surface area contributed by atoms with Crippen LogP contribution in [0.15, 0.2) is 140 Å². The zero-order valence-electron chi connectivity index (χ0n) is 26.7. The molecule has 5 nitrogen and oxygen atoms in total. The SMILES string of the molecule is C1=C(c2ccc3sc4ccc(-c5ccc6sc7ccc(-c8ccccc8-c8ncncn8)cc7c6c5)cc4c3c2)C(c2ncccn2)=CCC1. The first-order valence-corrected chi connectivity index (χ1v) is 18.2. The molecule has 0 unspecified atom stereocenters. The van der Waals surface area contributed by atoms with Crippen molar-refractivity contribution in [1.29, 1.82) is 0 Å². The van der Waals surface area contributed by atoms with Crippen molar-refractivity contribution in [2.75, 3.05) is 0 Å². The lowest BCUT2D eigenvalue weighted by Gasteiger charge is -2.16. The van der Waals surface area contributed by atoms with E-state index in [4.69, 9.17) is 0 Å². The van der Waals surface area contributed by atoms with Crippen LogP contribution in [0.25, 0.3) is 85.1 Å². The van der Waals surface area contributed by atoms with Gasteiger partial charge in [-0.15, -0.1) is 22.7 Å². The Labute approximate surface area is 296 Å². The Balaban J connectivity index is 1.06. The van der Waals surface area contributed by atoms with Gasteiger partial charge in [-0.2, -0.15) is 0 Å². The molecule has 0 saturated carbocycles. The van der Waals surface area contributed by atoms with Gasteiger partial charge in [0.15, 0.2) is 11.6 Å². The number of aromatic nitrogens is 5. The molecule has 1 aliphatic carbocycles. The Bertz CT molecular complexity index is 2820. The quantitative estimate of drug-likeness (QED) is 0.181. The summed E-state index contributed by atoms with van der Waals surface area (Å²) in [5, 5.41) is 5.10. The standard InChI is InChI=1S/C43H27N5S2/c1-3-8-32(42-45-18-5-19-46-42)30(6-1)28-12-16-40-36(22-28)34-20-26(10-14-38(34)49-40)27-11-15-39-35(21-27)37-23-29(13-17-41(37)50-39)31-7-2-4-9-33(31)43-47-24-44-25-48-43/h2,4-25H,1,3H2. The van der Waals surface area contributed by atoms with Crippen molar-refractivity contribution < 1.29 is 0 Å². The molecular weight excluding hydrogens is 651 g/mol. The van der Waals surface area contributed by atoms with Crippen molar-refractivity contribution in [2.24, 2.45) is 0 Å². The van der Waals surface area contributed by atoms with Crippen LogP contribution in [0.5, 0.6) is 0 Å². The minimum absolute atomic E-state index is 0.675. The molecule has 0 N–H and O–H groups in total. The fraction of sp³-hybridized carbons (Fsp3) is 0.0465. The molecule has 0 saturated heterocycles. The lowest BCUT2D eigenvalue weighted by atomic mass is 9.90. The number of fused-ring (bicyclic) bond motifs is 6. The number of thiophene rings is 2. The molecule has 0 atom stereocenters. The largest absolute Gasteiger partial charge is 0.237 e. The average molecular weight is 678 g/mol. The molecule has 0 radical (unpaired) electrons. The van der Waals surface area contributed by atoms with Crippen LogP contribution in [-0.2, 0) is 0 Å². The van der Waals surface area contributed by atoms with Crippen molar-refractivity contribution in [3.05, 3.63) is 152 Å². The zero-order valence-corrected chi connectivity index (χ0v) is 28.4. The summed E-state index contributed by atoms with van der Waals surface area (Å²) in [6, 6.07) is 37.7. The third-order valence-electron chi connectivity index (χ3n) is 9.52. The van der Waals surface area contributed by atoms with E-state index in [-0.39, 0.29) is 0 Å². The van der Waals surface area contributed by atoms with Crippen molar-refractivity contribution >= 4 is 74.2 Å². The van der Waals surface area contributed by atoms with Crippen molar-refractivity contribution in [1.82, 2.24) is 24.9 Å². The second-order valence-corrected chi connectivity index (χ2v) is 14.6. The third-order valence-corrected chi connectivity index (χ3v) is 11.8. The Morgan fingerprint density at radius 1 is 0.420 bits per heavy atom. The van der Waals surface area contributed by atoms with Gasteiger partial charge in [0.2, 0.25) is 0 Å². The molecule has 9 aromatic rings. The smallest absolute Gasteiger partial charge is 0.163 e. The number of rotatable bonds is 5. The van der Waals surface area contributed by atoms with Crippen LogP contribution in [0.3, 0.4) is 0 Å². The number of hydrogen-bond donors (Lipinski definition) is 0. The lowest BCUT2D eigenvalue weighted by molar-refractivity contribution is 1.03. The average Bonchev–Trinajstić information content (AvgIpc) is 3.75. The van der Waals surface area contributed by atoms with E-state index in [0.29, 0.717) is 5.82 Å². The van der Waals surface area contributed by atoms with Gasteiger partial charge in [-0.05, 0) is 101 Å². The van der Waals surface area contributed by atoms with Gasteiger partial charge in [-0.1, -0.05) is 60.7 Å². The summed E-state index contributed by atoms with van der Waals surface area (Å²) in [5.41, 5.74) is 9.21. The van der Waals surface area contributed by atoms with Crippen LogP contribution in [0.2, 0.25) is 0 Å². The van der Waals surface area contributed by atoms with Gasteiger partial charge in [0.05, 0.1) is 0 Å². The first kappa shape index (κ1) is 29.1. The van der Waals surface area contributed by atoms with Crippen molar-refractivity contribution in [2.45, 2.75) is 12.8 Å². The molecule has 10 rings (SSSR count). The number of allylic oxidation sites excluding steroid dienone is 4. The summed E-state index contributed by atoms with van der Waals surface area (Å²) in [7, 11) is 0. The fourth-order valence-electron chi connectivity index (χ4n) is 7.16. The maximum Gasteiger partial charge on any atom is 0.163 e. The summed E-state index contributed by atoms with van der Waals surface area (Å²) in [5.74, 6) is 1.46. The van der Waals surface area contributed by atoms with Gasteiger partial charge in [-0.25, -0.2) is 24.9 Å². The van der Waals surface area contributed by atoms with Gasteiger partial charge < -0.3 is 0 Å². The number of hydrogen-bond acceptors (Lipinski definition) is 7. The molecule has 4 aromatic heterocycles. The molecule has 0 fully saturated rings. The van der Waals surface area contributed by atoms with Crippen molar-refractivity contribution in [3.63, 3.8) is 0 Å². The Hall–Kier alpha value is -5.89. The van der Waals surface area contributed by atoms with E-state index in [9.17, 15) is 0 Å². The highest BCUT2D eigenvalue weighted by Crippen LogP contribution is 2.43. The number of benzene rings is 5. The molecule has 50 heavy (non-hydrogen) atoms. The van der Waals surface area contributed by atoms with E-state index >= 15 is 0 Å². The van der Waals surface area contributed by atoms with Crippen LogP contribution in [0.1, 0.15) is 24.2 Å². The molecule has 0 amide bonds. The van der Waals surface area contributed by atoms with Crippen molar-refractivity contribution in [3.8, 4) is 33.6 Å². The van der Waals surface area contributed by atoms with E-state index in [0.717, 1.165) is 40.9 Å². The lowest BCUT2D eigenvalue weighted by Crippen LogP contribution is -1.99. The predicted molar refractivity (Wildman–Crippen MR) is 209 cm³/mol. The minimum Gasteiger partial charge on any atom is -0.237 e. The number of nitrogens with zero attached hydrogens (tertiary/aromatic N) is 5. The summed E-state index contributed by atoms with van der Waals surface area (Å²) in [6.07, 6.45) is 13.4. The first-order chi connectivity index (χ1) is 24.8. The highest BCUT2D eigenvalue weighted by Gasteiger charge is 2.18. The van der Waals surface area contributed by atoms with Gasteiger partial charge in [0.1, 0.15) is 12.7 Å². The highest BCUT2D eigenvalue weighted by atomic mass is 32.1. The van der Waals surface area contributed by atoms with Gasteiger partial charge in [0.25, 0.3) is 0 Å². The van der Waals surface area contributed by atoms with E-state index in [1.165, 1.54) is 62.6 Å². The van der Waals surface area contributed by atoms with Crippen LogP contribution in [0, 0.1) is 0 Å². The van der Waals surface area contributed by atoms with E-state index in [1.54, 1.807) is 12.7 Å². The Morgan fingerprint density at radius 2 is 0.920 bits per heavy atom. The van der Waals surface area contributed by atoms with E-state index in [1.807, 2.05) is 47.2 Å². The van der Waals surface area contributed by atoms with Gasteiger partial charge >= 0.3 is 0 Å². The fourth-order valence-corrected chi connectivity index (χ4v) is 9.29. The second kappa shape index (κ2) is 11.9. The Morgan fingerprint density at radius 3 is 1.54 bits per heavy atom. The second-order valence-electron chi connectivity index (χ2n) is 12.4. The molecule has 5 aromatic carbocycles. The molecule has 7 heteroatoms. The summed E-state index contributed by atoms with van der Waals surface area (Å²) in [4.78, 5) is 22.0. The minimum atomic E-state index is 0.675. The third kappa shape index (κ3) is 4.93. The summed E-state index contributed by atoms with van der Waals surface area (Å²) >= 11 is 3.69. The molecule has 4 heterocycles. The molecule has 0 aliphatic heterocycles. The highest BCUT2D eigenvalue weighted by molar-refractivity contribution is 7.26. The maximum atomic E-state index is 4.57. The summed E-state index contributed by atoms with van der Waals surface area (Å²) < 4.78 is 5.15. The molecule has 0 bridgehead atoms. The van der Waals surface area contributed by atoms with Crippen LogP contribution >= 0.6 is 22.7 Å². The summed E-state index contributed by atoms with van der Waals surface area (Å²) in [6.45, 7) is 0. The normalized spacial score (nSPS) is 13.3. The topological polar surface area (TPSA) is 64.5 Å². The van der Waals surface area contributed by atoms with Crippen LogP contribution in [-0.4, -0.2) is 24.9 Å². The van der Waals surface area contributed by atoms with E-state index in [2.05, 4.69) is 128 Å². The molecule has 236 valence electrons. The van der Waals surface area contributed by atoms with E-state index < -0.39 is 0 Å². The first-order valence-electron chi connectivity index (χ1n) is 16.6. The molecule has 0 spiro atoms.